The number of aliphatic hydroxyl groups excluding tert-OH is 1. The van der Waals surface area contributed by atoms with Crippen LogP contribution in [0.2, 0.25) is 0 Å². The fourth-order valence-corrected chi connectivity index (χ4v) is 2.67. The molecule has 3 atom stereocenters. The highest BCUT2D eigenvalue weighted by Crippen LogP contribution is 2.25. The average Bonchev–Trinajstić information content (AvgIpc) is 2.89. The summed E-state index contributed by atoms with van der Waals surface area (Å²) in [5.41, 5.74) is 2.24. The lowest BCUT2D eigenvalue weighted by Gasteiger charge is -2.20. The summed E-state index contributed by atoms with van der Waals surface area (Å²) < 4.78 is 0. The number of aromatic nitrogens is 1. The summed E-state index contributed by atoms with van der Waals surface area (Å²) in [6.07, 6.45) is 2.80. The zero-order chi connectivity index (χ0) is 13.8. The number of rotatable bonds is 5. The van der Waals surface area contributed by atoms with E-state index in [1.807, 2.05) is 13.1 Å². The van der Waals surface area contributed by atoms with Crippen LogP contribution in [-0.4, -0.2) is 35.8 Å². The minimum Gasteiger partial charge on any atom is -0.393 e. The van der Waals surface area contributed by atoms with Crippen LogP contribution < -0.4 is 10.2 Å². The van der Waals surface area contributed by atoms with Crippen molar-refractivity contribution in [2.45, 2.75) is 39.3 Å². The Kier molecular flexibility index (Phi) is 4.77. The van der Waals surface area contributed by atoms with Gasteiger partial charge in [-0.05, 0) is 38.9 Å². The van der Waals surface area contributed by atoms with Gasteiger partial charge >= 0.3 is 0 Å². The van der Waals surface area contributed by atoms with Gasteiger partial charge in [0.25, 0.3) is 0 Å². The third kappa shape index (κ3) is 3.45. The second-order valence-corrected chi connectivity index (χ2v) is 5.46. The summed E-state index contributed by atoms with van der Waals surface area (Å²) in [5.74, 6) is 0.389. The monoisotopic (exact) mass is 263 g/mol. The van der Waals surface area contributed by atoms with E-state index in [-0.39, 0.29) is 6.10 Å². The van der Waals surface area contributed by atoms with E-state index in [0.29, 0.717) is 12.0 Å². The molecule has 0 radical (unpaired) electrons. The Morgan fingerprint density at radius 2 is 2.26 bits per heavy atom. The lowest BCUT2D eigenvalue weighted by Crippen LogP contribution is -2.24. The minimum atomic E-state index is -0.217. The zero-order valence-corrected chi connectivity index (χ0v) is 12.1. The SMILES string of the molecule is CCNC(C)c1ccc(N2CCC(C(C)O)C2)cn1. The van der Waals surface area contributed by atoms with Crippen LogP contribution in [0.3, 0.4) is 0 Å². The molecule has 3 unspecified atom stereocenters. The molecule has 2 rings (SSSR count). The quantitative estimate of drug-likeness (QED) is 0.852. The average molecular weight is 263 g/mol. The predicted molar refractivity (Wildman–Crippen MR) is 78.3 cm³/mol. The number of pyridine rings is 1. The number of hydrogen-bond donors (Lipinski definition) is 2. The molecule has 0 bridgehead atoms. The van der Waals surface area contributed by atoms with Crippen LogP contribution in [0.25, 0.3) is 0 Å². The Labute approximate surface area is 115 Å². The molecule has 19 heavy (non-hydrogen) atoms. The van der Waals surface area contributed by atoms with E-state index in [1.54, 1.807) is 0 Å². The number of hydrogen-bond acceptors (Lipinski definition) is 4. The molecule has 1 fully saturated rings. The highest BCUT2D eigenvalue weighted by Gasteiger charge is 2.26. The fourth-order valence-electron chi connectivity index (χ4n) is 2.67. The maximum Gasteiger partial charge on any atom is 0.0572 e. The molecule has 106 valence electrons. The number of nitrogens with zero attached hydrogens (tertiary/aromatic N) is 2. The summed E-state index contributed by atoms with van der Waals surface area (Å²) in [6, 6.07) is 4.53. The number of aliphatic hydroxyl groups is 1. The Hall–Kier alpha value is -1.13. The van der Waals surface area contributed by atoms with E-state index in [9.17, 15) is 5.11 Å². The van der Waals surface area contributed by atoms with Gasteiger partial charge in [0.05, 0.1) is 23.7 Å². The molecule has 0 spiro atoms. The second-order valence-electron chi connectivity index (χ2n) is 5.46. The van der Waals surface area contributed by atoms with Crippen LogP contribution in [0.15, 0.2) is 18.3 Å². The molecular formula is C15H25N3O. The van der Waals surface area contributed by atoms with Gasteiger partial charge in [0.2, 0.25) is 0 Å². The third-order valence-corrected chi connectivity index (χ3v) is 4.00. The summed E-state index contributed by atoms with van der Waals surface area (Å²) in [4.78, 5) is 6.86. The molecular weight excluding hydrogens is 238 g/mol. The van der Waals surface area contributed by atoms with Crippen molar-refractivity contribution in [2.24, 2.45) is 5.92 Å². The van der Waals surface area contributed by atoms with Gasteiger partial charge in [-0.15, -0.1) is 0 Å². The van der Waals surface area contributed by atoms with Crippen molar-refractivity contribution in [3.63, 3.8) is 0 Å². The van der Waals surface area contributed by atoms with Crippen LogP contribution in [-0.2, 0) is 0 Å². The summed E-state index contributed by atoms with van der Waals surface area (Å²) in [7, 11) is 0. The van der Waals surface area contributed by atoms with Crippen LogP contribution in [0.4, 0.5) is 5.69 Å². The van der Waals surface area contributed by atoms with Crippen molar-refractivity contribution in [3.05, 3.63) is 24.0 Å². The normalized spacial score (nSPS) is 22.5. The van der Waals surface area contributed by atoms with Gasteiger partial charge < -0.3 is 15.3 Å². The standard InChI is InChI=1S/C15H25N3O/c1-4-16-11(2)15-6-5-14(9-17-15)18-8-7-13(10-18)12(3)19/h5-6,9,11-13,16,19H,4,7-8,10H2,1-3H3. The van der Waals surface area contributed by atoms with E-state index in [4.69, 9.17) is 0 Å². The van der Waals surface area contributed by atoms with E-state index in [1.165, 1.54) is 0 Å². The van der Waals surface area contributed by atoms with Gasteiger partial charge in [0, 0.05) is 25.0 Å². The van der Waals surface area contributed by atoms with Gasteiger partial charge in [-0.3, -0.25) is 4.98 Å². The van der Waals surface area contributed by atoms with Crippen LogP contribution in [0.5, 0.6) is 0 Å². The van der Waals surface area contributed by atoms with Gasteiger partial charge in [-0.25, -0.2) is 0 Å². The van der Waals surface area contributed by atoms with E-state index < -0.39 is 0 Å². The van der Waals surface area contributed by atoms with Gasteiger partial charge in [-0.2, -0.15) is 0 Å². The van der Waals surface area contributed by atoms with E-state index in [0.717, 1.165) is 37.4 Å². The maximum absolute atomic E-state index is 9.64. The summed E-state index contributed by atoms with van der Waals surface area (Å²) >= 11 is 0. The smallest absolute Gasteiger partial charge is 0.0572 e. The van der Waals surface area contributed by atoms with Crippen molar-refractivity contribution in [1.29, 1.82) is 0 Å². The zero-order valence-electron chi connectivity index (χ0n) is 12.1. The second kappa shape index (κ2) is 6.35. The highest BCUT2D eigenvalue weighted by atomic mass is 16.3. The predicted octanol–water partition coefficient (Wildman–Crippen LogP) is 1.96. The first-order chi connectivity index (χ1) is 9.11. The molecule has 1 aliphatic heterocycles. The number of nitrogens with one attached hydrogen (secondary N) is 1. The molecule has 4 heteroatoms. The lowest BCUT2D eigenvalue weighted by molar-refractivity contribution is 0.136. The molecule has 0 aromatic carbocycles. The molecule has 1 aromatic rings. The summed E-state index contributed by atoms with van der Waals surface area (Å²) in [5, 5.41) is 13.0. The molecule has 0 amide bonds. The largest absolute Gasteiger partial charge is 0.393 e. The first-order valence-corrected chi connectivity index (χ1v) is 7.24. The van der Waals surface area contributed by atoms with Crippen LogP contribution >= 0.6 is 0 Å². The molecule has 1 aromatic heterocycles. The molecule has 1 saturated heterocycles. The van der Waals surface area contributed by atoms with Gasteiger partial charge in [0.15, 0.2) is 0 Å². The Balaban J connectivity index is 1.99. The van der Waals surface area contributed by atoms with E-state index >= 15 is 0 Å². The van der Waals surface area contributed by atoms with Crippen molar-refractivity contribution in [3.8, 4) is 0 Å². The molecule has 0 saturated carbocycles. The molecule has 1 aliphatic rings. The van der Waals surface area contributed by atoms with Crippen LogP contribution in [0, 0.1) is 5.92 Å². The third-order valence-electron chi connectivity index (χ3n) is 4.00. The number of anilines is 1. The van der Waals surface area contributed by atoms with Crippen molar-refractivity contribution >= 4 is 5.69 Å². The van der Waals surface area contributed by atoms with Crippen molar-refractivity contribution < 1.29 is 5.11 Å². The molecule has 2 N–H and O–H groups in total. The first-order valence-electron chi connectivity index (χ1n) is 7.24. The van der Waals surface area contributed by atoms with Crippen molar-refractivity contribution in [1.82, 2.24) is 10.3 Å². The highest BCUT2D eigenvalue weighted by molar-refractivity contribution is 5.45. The minimum absolute atomic E-state index is 0.217. The maximum atomic E-state index is 9.64. The Bertz CT molecular complexity index is 391. The van der Waals surface area contributed by atoms with Gasteiger partial charge in [0.1, 0.15) is 0 Å². The van der Waals surface area contributed by atoms with Crippen molar-refractivity contribution in [2.75, 3.05) is 24.5 Å². The topological polar surface area (TPSA) is 48.4 Å². The lowest BCUT2D eigenvalue weighted by atomic mass is 10.0. The van der Waals surface area contributed by atoms with E-state index in [2.05, 4.69) is 41.2 Å². The molecule has 4 nitrogen and oxygen atoms in total. The molecule has 2 heterocycles. The summed E-state index contributed by atoms with van der Waals surface area (Å²) in [6.45, 7) is 9.01. The fraction of sp³-hybridized carbons (Fsp3) is 0.667. The van der Waals surface area contributed by atoms with Gasteiger partial charge in [-0.1, -0.05) is 6.92 Å². The Morgan fingerprint density at radius 3 is 2.79 bits per heavy atom. The van der Waals surface area contributed by atoms with Crippen LogP contribution in [0.1, 0.15) is 38.9 Å². The first kappa shape index (κ1) is 14.3. The Morgan fingerprint density at radius 1 is 1.47 bits per heavy atom. The molecule has 0 aliphatic carbocycles.